The fraction of sp³-hybridized carbons (Fsp3) is 1.00. The van der Waals surface area contributed by atoms with Gasteiger partial charge < -0.3 is 10.1 Å². The summed E-state index contributed by atoms with van der Waals surface area (Å²) in [6.45, 7) is 12.0. The first-order valence-corrected chi connectivity index (χ1v) is 7.82. The molecule has 0 aromatic heterocycles. The molecule has 2 nitrogen and oxygen atoms in total. The van der Waals surface area contributed by atoms with Crippen molar-refractivity contribution in [1.82, 2.24) is 5.32 Å². The van der Waals surface area contributed by atoms with Gasteiger partial charge in [-0.3, -0.25) is 0 Å². The van der Waals surface area contributed by atoms with Gasteiger partial charge in [0.25, 0.3) is 0 Å². The molecule has 1 fully saturated rings. The van der Waals surface area contributed by atoms with Gasteiger partial charge in [-0.2, -0.15) is 0 Å². The van der Waals surface area contributed by atoms with Crippen LogP contribution in [0.2, 0.25) is 0 Å². The van der Waals surface area contributed by atoms with Gasteiger partial charge in [0.2, 0.25) is 0 Å². The van der Waals surface area contributed by atoms with E-state index in [1.54, 1.807) is 0 Å². The normalized spacial score (nSPS) is 20.7. The molecule has 1 aliphatic carbocycles. The van der Waals surface area contributed by atoms with Gasteiger partial charge in [-0.1, -0.05) is 53.4 Å². The number of ether oxygens (including phenoxy) is 1. The van der Waals surface area contributed by atoms with E-state index in [1.807, 2.05) is 0 Å². The van der Waals surface area contributed by atoms with Crippen molar-refractivity contribution < 1.29 is 4.74 Å². The maximum atomic E-state index is 6.37. The summed E-state index contributed by atoms with van der Waals surface area (Å²) in [4.78, 5) is 0. The molecule has 0 radical (unpaired) electrons. The third-order valence-electron chi connectivity index (χ3n) is 3.97. The zero-order valence-corrected chi connectivity index (χ0v) is 13.0. The Hall–Kier alpha value is -0.0800. The second kappa shape index (κ2) is 7.49. The van der Waals surface area contributed by atoms with E-state index in [9.17, 15) is 0 Å². The Kier molecular flexibility index (Phi) is 6.65. The monoisotopic (exact) mass is 255 g/mol. The molecule has 1 aliphatic rings. The van der Waals surface area contributed by atoms with Gasteiger partial charge in [0.05, 0.1) is 5.60 Å². The number of rotatable bonds is 6. The van der Waals surface area contributed by atoms with E-state index in [0.717, 1.165) is 26.1 Å². The topological polar surface area (TPSA) is 21.3 Å². The minimum atomic E-state index is 0.123. The van der Waals surface area contributed by atoms with E-state index >= 15 is 0 Å². The second-order valence-electron chi connectivity index (χ2n) is 7.04. The van der Waals surface area contributed by atoms with Gasteiger partial charge in [0.15, 0.2) is 0 Å². The van der Waals surface area contributed by atoms with Crippen LogP contribution in [-0.4, -0.2) is 25.3 Å². The van der Waals surface area contributed by atoms with Crippen LogP contribution in [0.1, 0.15) is 72.6 Å². The van der Waals surface area contributed by atoms with E-state index in [1.165, 1.54) is 38.5 Å². The average Bonchev–Trinajstić information content (AvgIpc) is 2.51. The van der Waals surface area contributed by atoms with Crippen molar-refractivity contribution in [2.75, 3.05) is 19.7 Å². The summed E-state index contributed by atoms with van der Waals surface area (Å²) in [7, 11) is 0. The molecule has 0 saturated heterocycles. The highest BCUT2D eigenvalue weighted by Gasteiger charge is 2.31. The van der Waals surface area contributed by atoms with Gasteiger partial charge >= 0.3 is 0 Å². The van der Waals surface area contributed by atoms with Crippen LogP contribution in [0.5, 0.6) is 0 Å². The second-order valence-corrected chi connectivity index (χ2v) is 7.04. The molecule has 0 spiro atoms. The van der Waals surface area contributed by atoms with Gasteiger partial charge in [-0.05, 0) is 31.2 Å². The lowest BCUT2D eigenvalue weighted by Crippen LogP contribution is -2.43. The summed E-state index contributed by atoms with van der Waals surface area (Å²) in [5.74, 6) is 0. The zero-order chi connectivity index (χ0) is 13.5. The van der Waals surface area contributed by atoms with Crippen molar-refractivity contribution in [2.24, 2.45) is 5.41 Å². The maximum Gasteiger partial charge on any atom is 0.0806 e. The predicted molar refractivity (Wildman–Crippen MR) is 79.0 cm³/mol. The molecule has 1 N–H and O–H groups in total. The Morgan fingerprint density at radius 2 is 1.67 bits per heavy atom. The summed E-state index contributed by atoms with van der Waals surface area (Å²) in [6.07, 6.45) is 9.07. The molecule has 2 heteroatoms. The van der Waals surface area contributed by atoms with Crippen LogP contribution in [0.4, 0.5) is 0 Å². The molecule has 0 heterocycles. The molecule has 0 aromatic rings. The first kappa shape index (κ1) is 16.0. The summed E-state index contributed by atoms with van der Waals surface area (Å²) in [5.41, 5.74) is 0.502. The van der Waals surface area contributed by atoms with Gasteiger partial charge in [-0.15, -0.1) is 0 Å². The summed E-state index contributed by atoms with van der Waals surface area (Å²) in [5, 5.41) is 3.51. The molecular formula is C16H33NO. The minimum Gasteiger partial charge on any atom is -0.374 e. The quantitative estimate of drug-likeness (QED) is 0.720. The molecule has 1 saturated carbocycles. The molecular weight excluding hydrogens is 222 g/mol. The summed E-state index contributed by atoms with van der Waals surface area (Å²) in [6, 6.07) is 0. The van der Waals surface area contributed by atoms with E-state index in [0.29, 0.717) is 5.41 Å². The molecule has 18 heavy (non-hydrogen) atoms. The standard InChI is InChI=1S/C16H33NO/c1-5-17-14-16(10-8-6-7-9-11-16)18-13-12-15(2,3)4/h17H,5-14H2,1-4H3. The Bertz CT molecular complexity index is 212. The SMILES string of the molecule is CCNCC1(OCCC(C)(C)C)CCCCCC1. The number of nitrogens with one attached hydrogen (secondary N) is 1. The van der Waals surface area contributed by atoms with E-state index < -0.39 is 0 Å². The highest BCUT2D eigenvalue weighted by atomic mass is 16.5. The molecule has 0 amide bonds. The lowest BCUT2D eigenvalue weighted by molar-refractivity contribution is -0.0623. The van der Waals surface area contributed by atoms with Crippen molar-refractivity contribution in [2.45, 2.75) is 78.2 Å². The first-order valence-electron chi connectivity index (χ1n) is 7.82. The van der Waals surface area contributed by atoms with Crippen LogP contribution < -0.4 is 5.32 Å². The van der Waals surface area contributed by atoms with Gasteiger partial charge in [0.1, 0.15) is 0 Å². The molecule has 0 unspecified atom stereocenters. The lowest BCUT2D eigenvalue weighted by Gasteiger charge is -2.34. The van der Waals surface area contributed by atoms with Crippen molar-refractivity contribution >= 4 is 0 Å². The third-order valence-corrected chi connectivity index (χ3v) is 3.97. The van der Waals surface area contributed by atoms with Crippen LogP contribution in [0.15, 0.2) is 0 Å². The molecule has 0 aromatic carbocycles. The van der Waals surface area contributed by atoms with Crippen molar-refractivity contribution in [3.63, 3.8) is 0 Å². The Labute approximate surface area is 114 Å². The highest BCUT2D eigenvalue weighted by molar-refractivity contribution is 4.85. The van der Waals surface area contributed by atoms with Crippen LogP contribution in [0, 0.1) is 5.41 Å². The highest BCUT2D eigenvalue weighted by Crippen LogP contribution is 2.31. The number of likely N-dealkylation sites (N-methyl/N-ethyl adjacent to an activating group) is 1. The first-order chi connectivity index (χ1) is 8.47. The van der Waals surface area contributed by atoms with E-state index in [4.69, 9.17) is 4.74 Å². The van der Waals surface area contributed by atoms with Crippen LogP contribution >= 0.6 is 0 Å². The van der Waals surface area contributed by atoms with Crippen molar-refractivity contribution in [1.29, 1.82) is 0 Å². The lowest BCUT2D eigenvalue weighted by atomic mass is 9.91. The Balaban J connectivity index is 2.47. The fourth-order valence-electron chi connectivity index (χ4n) is 2.67. The van der Waals surface area contributed by atoms with Crippen LogP contribution in [0.3, 0.4) is 0 Å². The molecule has 1 rings (SSSR count). The maximum absolute atomic E-state index is 6.37. The smallest absolute Gasteiger partial charge is 0.0806 e. The van der Waals surface area contributed by atoms with Crippen LogP contribution in [-0.2, 0) is 4.74 Å². The molecule has 0 atom stereocenters. The molecule has 0 aliphatic heterocycles. The number of hydrogen-bond acceptors (Lipinski definition) is 2. The summed E-state index contributed by atoms with van der Waals surface area (Å²) >= 11 is 0. The average molecular weight is 255 g/mol. The van der Waals surface area contributed by atoms with E-state index in [-0.39, 0.29) is 5.60 Å². The Morgan fingerprint density at radius 3 is 2.17 bits per heavy atom. The van der Waals surface area contributed by atoms with Gasteiger partial charge in [0, 0.05) is 13.2 Å². The molecule has 0 bridgehead atoms. The summed E-state index contributed by atoms with van der Waals surface area (Å²) < 4.78 is 6.37. The third kappa shape index (κ3) is 6.19. The van der Waals surface area contributed by atoms with Crippen molar-refractivity contribution in [3.05, 3.63) is 0 Å². The minimum absolute atomic E-state index is 0.123. The largest absolute Gasteiger partial charge is 0.374 e. The van der Waals surface area contributed by atoms with E-state index in [2.05, 4.69) is 33.0 Å². The predicted octanol–water partition coefficient (Wildman–Crippen LogP) is 4.14. The fourth-order valence-corrected chi connectivity index (χ4v) is 2.67. The zero-order valence-electron chi connectivity index (χ0n) is 13.0. The Morgan fingerprint density at radius 1 is 1.06 bits per heavy atom. The number of hydrogen-bond donors (Lipinski definition) is 1. The van der Waals surface area contributed by atoms with Crippen LogP contribution in [0.25, 0.3) is 0 Å². The van der Waals surface area contributed by atoms with Gasteiger partial charge in [-0.25, -0.2) is 0 Å². The molecule has 108 valence electrons. The van der Waals surface area contributed by atoms with Crippen molar-refractivity contribution in [3.8, 4) is 0 Å².